The topological polar surface area (TPSA) is 118 Å². The van der Waals surface area contributed by atoms with Crippen LogP contribution in [-0.4, -0.2) is 62.4 Å². The molecule has 0 aliphatic carbocycles. The Morgan fingerprint density at radius 2 is 1.94 bits per heavy atom. The number of carbonyl (C=O) groups excluding carboxylic acids is 1. The van der Waals surface area contributed by atoms with Crippen molar-refractivity contribution in [1.82, 2.24) is 24.3 Å². The van der Waals surface area contributed by atoms with Crippen LogP contribution in [0.5, 0.6) is 0 Å². The minimum absolute atomic E-state index is 0.0947. The number of piperazine rings is 1. The summed E-state index contributed by atoms with van der Waals surface area (Å²) in [5.41, 5.74) is 8.18. The smallest absolute Gasteiger partial charge is 0.284 e. The molecular weight excluding hydrogens is 420 g/mol. The van der Waals surface area contributed by atoms with Crippen LogP contribution in [0.25, 0.3) is 16.9 Å². The molecule has 0 atom stereocenters. The number of rotatable bonds is 6. The van der Waals surface area contributed by atoms with Crippen LogP contribution in [0.15, 0.2) is 53.7 Å². The summed E-state index contributed by atoms with van der Waals surface area (Å²) >= 11 is 0. The van der Waals surface area contributed by atoms with E-state index in [9.17, 15) is 4.79 Å². The van der Waals surface area contributed by atoms with Gasteiger partial charge in [-0.05, 0) is 32.0 Å². The van der Waals surface area contributed by atoms with Crippen LogP contribution in [0.1, 0.15) is 24.4 Å². The van der Waals surface area contributed by atoms with Crippen molar-refractivity contribution in [2.75, 3.05) is 36.4 Å². The average molecular weight is 447 g/mol. The van der Waals surface area contributed by atoms with E-state index in [1.807, 2.05) is 28.9 Å². The number of amides is 1. The molecule has 1 aliphatic heterocycles. The maximum atomic E-state index is 11.4. The quantitative estimate of drug-likeness (QED) is 0.464. The highest BCUT2D eigenvalue weighted by atomic mass is 16.3. The Morgan fingerprint density at radius 3 is 2.61 bits per heavy atom. The second-order valence-electron chi connectivity index (χ2n) is 8.32. The molecule has 1 saturated heterocycles. The van der Waals surface area contributed by atoms with E-state index < -0.39 is 5.91 Å². The fourth-order valence-corrected chi connectivity index (χ4v) is 4.07. The van der Waals surface area contributed by atoms with Gasteiger partial charge in [-0.25, -0.2) is 15.0 Å². The molecular formula is C23H26N8O2. The lowest BCUT2D eigenvalue weighted by molar-refractivity contribution is 0.0974. The molecule has 0 radical (unpaired) electrons. The molecule has 10 heteroatoms. The van der Waals surface area contributed by atoms with Gasteiger partial charge in [-0.3, -0.25) is 14.1 Å². The minimum Gasteiger partial charge on any atom is -0.458 e. The molecule has 0 saturated carbocycles. The van der Waals surface area contributed by atoms with Gasteiger partial charge >= 0.3 is 0 Å². The number of aromatic nitrogens is 4. The fourth-order valence-electron chi connectivity index (χ4n) is 4.07. The standard InChI is InChI=1S/C23H26N8O2/c1-15(2)29-7-9-30(10-8-29)20-4-3-17(12-26-20)28-22-23-25-5-6-31(23)18(13-27-22)16-11-19(21(24)32)33-14-16/h3-6,11-15H,7-10H2,1-2H3,(H2,24,32)(H,27,28). The molecule has 5 rings (SSSR count). The molecule has 1 amide bonds. The number of nitrogens with two attached hydrogens (primary N) is 1. The number of anilines is 3. The average Bonchev–Trinajstić information content (AvgIpc) is 3.51. The summed E-state index contributed by atoms with van der Waals surface area (Å²) in [6.07, 6.45) is 8.51. The second-order valence-corrected chi connectivity index (χ2v) is 8.32. The summed E-state index contributed by atoms with van der Waals surface area (Å²) in [7, 11) is 0. The van der Waals surface area contributed by atoms with Crippen LogP contribution in [0.4, 0.5) is 17.3 Å². The molecule has 33 heavy (non-hydrogen) atoms. The summed E-state index contributed by atoms with van der Waals surface area (Å²) in [4.78, 5) is 29.8. The van der Waals surface area contributed by atoms with Gasteiger partial charge in [-0.2, -0.15) is 0 Å². The van der Waals surface area contributed by atoms with Gasteiger partial charge in [-0.15, -0.1) is 0 Å². The zero-order valence-electron chi connectivity index (χ0n) is 18.6. The van der Waals surface area contributed by atoms with Crippen LogP contribution in [0, 0.1) is 0 Å². The Kier molecular flexibility index (Phi) is 5.43. The maximum absolute atomic E-state index is 11.4. The summed E-state index contributed by atoms with van der Waals surface area (Å²) in [5, 5.41) is 3.31. The summed E-state index contributed by atoms with van der Waals surface area (Å²) < 4.78 is 7.12. The Hall–Kier alpha value is -3.92. The highest BCUT2D eigenvalue weighted by Gasteiger charge is 2.20. The maximum Gasteiger partial charge on any atom is 0.284 e. The largest absolute Gasteiger partial charge is 0.458 e. The molecule has 1 aliphatic rings. The highest BCUT2D eigenvalue weighted by molar-refractivity contribution is 5.91. The van der Waals surface area contributed by atoms with Crippen molar-refractivity contribution in [3.05, 3.63) is 55.0 Å². The van der Waals surface area contributed by atoms with Crippen molar-refractivity contribution < 1.29 is 9.21 Å². The van der Waals surface area contributed by atoms with E-state index in [-0.39, 0.29) is 5.76 Å². The van der Waals surface area contributed by atoms with Gasteiger partial charge in [0, 0.05) is 50.2 Å². The van der Waals surface area contributed by atoms with Crippen molar-refractivity contribution in [1.29, 1.82) is 0 Å². The molecule has 0 spiro atoms. The lowest BCUT2D eigenvalue weighted by atomic mass is 10.2. The predicted molar refractivity (Wildman–Crippen MR) is 126 cm³/mol. The number of hydrogen-bond acceptors (Lipinski definition) is 8. The molecule has 170 valence electrons. The zero-order valence-corrected chi connectivity index (χ0v) is 18.6. The number of imidazole rings is 1. The monoisotopic (exact) mass is 446 g/mol. The van der Waals surface area contributed by atoms with Gasteiger partial charge in [0.15, 0.2) is 17.2 Å². The number of primary amides is 1. The Morgan fingerprint density at radius 1 is 1.12 bits per heavy atom. The van der Waals surface area contributed by atoms with Crippen LogP contribution in [-0.2, 0) is 0 Å². The van der Waals surface area contributed by atoms with Crippen molar-refractivity contribution >= 4 is 28.9 Å². The summed E-state index contributed by atoms with van der Waals surface area (Å²) in [6, 6.07) is 6.20. The number of carbonyl (C=O) groups is 1. The lowest BCUT2D eigenvalue weighted by Gasteiger charge is -2.37. The summed E-state index contributed by atoms with van der Waals surface area (Å²) in [5.74, 6) is 1.05. The first-order chi connectivity index (χ1) is 16.0. The van der Waals surface area contributed by atoms with Crippen molar-refractivity contribution in [3.8, 4) is 11.3 Å². The number of hydrogen-bond donors (Lipinski definition) is 2. The molecule has 0 unspecified atom stereocenters. The SMILES string of the molecule is CC(C)N1CCN(c2ccc(Nc3ncc(-c4coc(C(N)=O)c4)n4ccnc34)cn2)CC1. The van der Waals surface area contributed by atoms with E-state index in [0.29, 0.717) is 23.1 Å². The summed E-state index contributed by atoms with van der Waals surface area (Å²) in [6.45, 7) is 8.51. The number of nitrogens with one attached hydrogen (secondary N) is 1. The molecule has 0 aromatic carbocycles. The lowest BCUT2D eigenvalue weighted by Crippen LogP contribution is -2.49. The molecule has 10 nitrogen and oxygen atoms in total. The molecule has 4 aromatic rings. The second kappa shape index (κ2) is 8.55. The zero-order chi connectivity index (χ0) is 22.9. The fraction of sp³-hybridized carbons (Fsp3) is 0.304. The van der Waals surface area contributed by atoms with Gasteiger partial charge < -0.3 is 20.4 Å². The van der Waals surface area contributed by atoms with Crippen LogP contribution in [0.2, 0.25) is 0 Å². The third kappa shape index (κ3) is 4.12. The third-order valence-corrected chi connectivity index (χ3v) is 5.95. The van der Waals surface area contributed by atoms with E-state index in [1.54, 1.807) is 18.5 Å². The van der Waals surface area contributed by atoms with Crippen molar-refractivity contribution in [2.24, 2.45) is 5.73 Å². The minimum atomic E-state index is -0.618. The van der Waals surface area contributed by atoms with Gasteiger partial charge in [0.2, 0.25) is 0 Å². The van der Waals surface area contributed by atoms with Crippen LogP contribution >= 0.6 is 0 Å². The first kappa shape index (κ1) is 21.0. The molecule has 4 aromatic heterocycles. The molecule has 5 heterocycles. The Bertz CT molecular complexity index is 1270. The predicted octanol–water partition coefficient (Wildman–Crippen LogP) is 2.76. The van der Waals surface area contributed by atoms with E-state index >= 15 is 0 Å². The van der Waals surface area contributed by atoms with E-state index in [1.165, 1.54) is 6.26 Å². The first-order valence-corrected chi connectivity index (χ1v) is 10.9. The molecule has 0 bridgehead atoms. The Labute approximate surface area is 191 Å². The van der Waals surface area contributed by atoms with Gasteiger partial charge in [0.25, 0.3) is 5.91 Å². The van der Waals surface area contributed by atoms with E-state index in [2.05, 4.69) is 43.9 Å². The van der Waals surface area contributed by atoms with Crippen LogP contribution < -0.4 is 16.0 Å². The van der Waals surface area contributed by atoms with E-state index in [0.717, 1.165) is 43.4 Å². The van der Waals surface area contributed by atoms with Crippen LogP contribution in [0.3, 0.4) is 0 Å². The normalized spacial score (nSPS) is 14.8. The third-order valence-electron chi connectivity index (χ3n) is 5.95. The van der Waals surface area contributed by atoms with Crippen molar-refractivity contribution in [2.45, 2.75) is 19.9 Å². The number of pyridine rings is 1. The molecule has 3 N–H and O–H groups in total. The first-order valence-electron chi connectivity index (χ1n) is 10.9. The number of furan rings is 1. The van der Waals surface area contributed by atoms with Gasteiger partial charge in [0.05, 0.1) is 23.8 Å². The highest BCUT2D eigenvalue weighted by Crippen LogP contribution is 2.27. The Balaban J connectivity index is 1.33. The molecule has 1 fully saturated rings. The number of nitrogens with zero attached hydrogens (tertiary/aromatic N) is 6. The van der Waals surface area contributed by atoms with E-state index in [4.69, 9.17) is 10.2 Å². The van der Waals surface area contributed by atoms with Gasteiger partial charge in [-0.1, -0.05) is 0 Å². The number of fused-ring (bicyclic) bond motifs is 1. The van der Waals surface area contributed by atoms with Gasteiger partial charge in [0.1, 0.15) is 12.1 Å². The van der Waals surface area contributed by atoms with Crippen molar-refractivity contribution in [3.63, 3.8) is 0 Å².